The van der Waals surface area contributed by atoms with E-state index in [1.165, 1.54) is 0 Å². The van der Waals surface area contributed by atoms with Gasteiger partial charge in [-0.25, -0.2) is 9.50 Å². The SMILES string of the molecule is CC(C)(C)CC(=O)Cc1ccc2nc(-c3cccnc3)nn2c1. The van der Waals surface area contributed by atoms with Crippen molar-refractivity contribution in [3.63, 3.8) is 0 Å². The predicted octanol–water partition coefficient (Wildman–Crippen LogP) is 3.34. The summed E-state index contributed by atoms with van der Waals surface area (Å²) in [5, 5.41) is 4.48. The first-order valence-electron chi connectivity index (χ1n) is 7.68. The van der Waals surface area contributed by atoms with Crippen LogP contribution in [0.2, 0.25) is 0 Å². The maximum atomic E-state index is 12.1. The number of nitrogens with zero attached hydrogens (tertiary/aromatic N) is 4. The first-order chi connectivity index (χ1) is 10.9. The molecular weight excluding hydrogens is 288 g/mol. The first kappa shape index (κ1) is 15.3. The summed E-state index contributed by atoms with van der Waals surface area (Å²) in [5.74, 6) is 0.876. The molecule has 0 amide bonds. The molecule has 3 heterocycles. The summed E-state index contributed by atoms with van der Waals surface area (Å²) < 4.78 is 1.72. The Labute approximate surface area is 135 Å². The van der Waals surface area contributed by atoms with Crippen LogP contribution in [0, 0.1) is 5.41 Å². The number of hydrogen-bond donors (Lipinski definition) is 0. The monoisotopic (exact) mass is 308 g/mol. The van der Waals surface area contributed by atoms with Gasteiger partial charge in [0.05, 0.1) is 0 Å². The Hall–Kier alpha value is -2.56. The summed E-state index contributed by atoms with van der Waals surface area (Å²) in [6.07, 6.45) is 6.34. The van der Waals surface area contributed by atoms with E-state index in [-0.39, 0.29) is 11.2 Å². The molecule has 0 atom stereocenters. The van der Waals surface area contributed by atoms with Crippen molar-refractivity contribution in [3.05, 3.63) is 48.4 Å². The number of carbonyl (C=O) groups is 1. The van der Waals surface area contributed by atoms with E-state index in [2.05, 4.69) is 35.8 Å². The highest BCUT2D eigenvalue weighted by atomic mass is 16.1. The number of Topliss-reactive ketones (excluding diaryl/α,β-unsaturated/α-hetero) is 1. The van der Waals surface area contributed by atoms with E-state index >= 15 is 0 Å². The van der Waals surface area contributed by atoms with Gasteiger partial charge in [-0.15, -0.1) is 5.10 Å². The molecule has 0 aromatic carbocycles. The van der Waals surface area contributed by atoms with Gasteiger partial charge in [0.15, 0.2) is 11.5 Å². The van der Waals surface area contributed by atoms with Crippen LogP contribution in [0.3, 0.4) is 0 Å². The molecule has 0 unspecified atom stereocenters. The summed E-state index contributed by atoms with van der Waals surface area (Å²) in [6.45, 7) is 6.23. The Morgan fingerprint density at radius 2 is 2.04 bits per heavy atom. The van der Waals surface area contributed by atoms with Gasteiger partial charge in [0.25, 0.3) is 0 Å². The van der Waals surface area contributed by atoms with Crippen molar-refractivity contribution < 1.29 is 4.79 Å². The second-order valence-electron chi connectivity index (χ2n) is 6.97. The standard InChI is InChI=1S/C18H20N4O/c1-18(2,3)10-15(23)9-13-6-7-16-20-17(21-22(16)12-13)14-5-4-8-19-11-14/h4-8,11-12H,9-10H2,1-3H3. The molecule has 23 heavy (non-hydrogen) atoms. The molecule has 0 bridgehead atoms. The smallest absolute Gasteiger partial charge is 0.183 e. The number of carbonyl (C=O) groups excluding carboxylic acids is 1. The van der Waals surface area contributed by atoms with E-state index in [0.717, 1.165) is 16.8 Å². The summed E-state index contributed by atoms with van der Waals surface area (Å²) in [4.78, 5) is 20.7. The van der Waals surface area contributed by atoms with Crippen LogP contribution >= 0.6 is 0 Å². The van der Waals surface area contributed by atoms with Crippen molar-refractivity contribution in [3.8, 4) is 11.4 Å². The average Bonchev–Trinajstić information content (AvgIpc) is 2.89. The molecule has 3 rings (SSSR count). The van der Waals surface area contributed by atoms with Gasteiger partial charge in [-0.05, 0) is 29.2 Å². The fraction of sp³-hybridized carbons (Fsp3) is 0.333. The van der Waals surface area contributed by atoms with Crippen LogP contribution in [0.4, 0.5) is 0 Å². The fourth-order valence-corrected chi connectivity index (χ4v) is 2.53. The topological polar surface area (TPSA) is 60.2 Å². The Kier molecular flexibility index (Phi) is 3.94. The Morgan fingerprint density at radius 1 is 1.22 bits per heavy atom. The normalized spacial score (nSPS) is 11.8. The van der Waals surface area contributed by atoms with Gasteiger partial charge < -0.3 is 0 Å². The lowest BCUT2D eigenvalue weighted by atomic mass is 9.88. The minimum atomic E-state index is 0.0158. The molecule has 5 nitrogen and oxygen atoms in total. The van der Waals surface area contributed by atoms with E-state index in [9.17, 15) is 4.79 Å². The second-order valence-corrected chi connectivity index (χ2v) is 6.97. The lowest BCUT2D eigenvalue weighted by molar-refractivity contribution is -0.120. The number of aromatic nitrogens is 4. The van der Waals surface area contributed by atoms with Gasteiger partial charge in [0.2, 0.25) is 0 Å². The van der Waals surface area contributed by atoms with E-state index in [1.807, 2.05) is 30.5 Å². The quantitative estimate of drug-likeness (QED) is 0.741. The highest BCUT2D eigenvalue weighted by Gasteiger charge is 2.16. The van der Waals surface area contributed by atoms with Crippen LogP contribution in [0.1, 0.15) is 32.8 Å². The third-order valence-corrected chi connectivity index (χ3v) is 3.44. The number of fused-ring (bicyclic) bond motifs is 1. The third-order valence-electron chi connectivity index (χ3n) is 3.44. The molecule has 118 valence electrons. The first-order valence-corrected chi connectivity index (χ1v) is 7.68. The van der Waals surface area contributed by atoms with Crippen LogP contribution in [0.5, 0.6) is 0 Å². The number of pyridine rings is 2. The molecule has 3 aromatic heterocycles. The molecule has 0 saturated heterocycles. The summed E-state index contributed by atoms with van der Waals surface area (Å²) in [5.41, 5.74) is 2.61. The molecular formula is C18H20N4O. The fourth-order valence-electron chi connectivity index (χ4n) is 2.53. The zero-order chi connectivity index (χ0) is 16.4. The maximum absolute atomic E-state index is 12.1. The number of rotatable bonds is 4. The summed E-state index contributed by atoms with van der Waals surface area (Å²) >= 11 is 0. The van der Waals surface area contributed by atoms with E-state index < -0.39 is 0 Å². The molecule has 0 aliphatic rings. The predicted molar refractivity (Wildman–Crippen MR) is 89.0 cm³/mol. The van der Waals surface area contributed by atoms with E-state index in [1.54, 1.807) is 16.9 Å². The zero-order valence-electron chi connectivity index (χ0n) is 13.7. The molecule has 0 spiro atoms. The highest BCUT2D eigenvalue weighted by molar-refractivity contribution is 5.81. The van der Waals surface area contributed by atoms with Gasteiger partial charge in [-0.1, -0.05) is 26.8 Å². The van der Waals surface area contributed by atoms with Crippen molar-refractivity contribution in [1.29, 1.82) is 0 Å². The minimum absolute atomic E-state index is 0.0158. The molecule has 0 saturated carbocycles. The molecule has 0 radical (unpaired) electrons. The van der Waals surface area contributed by atoms with Crippen molar-refractivity contribution in [1.82, 2.24) is 19.6 Å². The van der Waals surface area contributed by atoms with Gasteiger partial charge in [-0.2, -0.15) is 0 Å². The van der Waals surface area contributed by atoms with Gasteiger partial charge in [0.1, 0.15) is 5.78 Å². The Bertz CT molecular complexity index is 831. The average molecular weight is 308 g/mol. The van der Waals surface area contributed by atoms with Crippen LogP contribution in [0.15, 0.2) is 42.9 Å². The largest absolute Gasteiger partial charge is 0.299 e. The lowest BCUT2D eigenvalue weighted by Crippen LogP contribution is -2.14. The Morgan fingerprint density at radius 3 is 2.74 bits per heavy atom. The minimum Gasteiger partial charge on any atom is -0.299 e. The van der Waals surface area contributed by atoms with Crippen LogP contribution in [0.25, 0.3) is 17.0 Å². The molecule has 0 N–H and O–H groups in total. The van der Waals surface area contributed by atoms with Crippen molar-refractivity contribution in [2.24, 2.45) is 5.41 Å². The summed E-state index contributed by atoms with van der Waals surface area (Å²) in [7, 11) is 0. The second kappa shape index (κ2) is 5.91. The van der Waals surface area contributed by atoms with Crippen LogP contribution in [-0.4, -0.2) is 25.4 Å². The van der Waals surface area contributed by atoms with Crippen molar-refractivity contribution >= 4 is 11.4 Å². The van der Waals surface area contributed by atoms with Gasteiger partial charge in [-0.3, -0.25) is 9.78 Å². The van der Waals surface area contributed by atoms with E-state index in [0.29, 0.717) is 18.7 Å². The number of ketones is 1. The molecule has 3 aromatic rings. The maximum Gasteiger partial charge on any atom is 0.183 e. The van der Waals surface area contributed by atoms with Crippen LogP contribution < -0.4 is 0 Å². The van der Waals surface area contributed by atoms with Gasteiger partial charge >= 0.3 is 0 Å². The van der Waals surface area contributed by atoms with Crippen molar-refractivity contribution in [2.45, 2.75) is 33.6 Å². The van der Waals surface area contributed by atoms with Gasteiger partial charge in [0, 0.05) is 37.0 Å². The molecule has 0 aliphatic heterocycles. The Balaban J connectivity index is 1.84. The summed E-state index contributed by atoms with van der Waals surface area (Å²) in [6, 6.07) is 7.62. The molecule has 0 aliphatic carbocycles. The van der Waals surface area contributed by atoms with E-state index in [4.69, 9.17) is 0 Å². The third kappa shape index (κ3) is 3.80. The zero-order valence-corrected chi connectivity index (χ0v) is 13.7. The van der Waals surface area contributed by atoms with Crippen molar-refractivity contribution in [2.75, 3.05) is 0 Å². The molecule has 0 fully saturated rings. The van der Waals surface area contributed by atoms with Crippen LogP contribution in [-0.2, 0) is 11.2 Å². The number of hydrogen-bond acceptors (Lipinski definition) is 4. The lowest BCUT2D eigenvalue weighted by Gasteiger charge is -2.16. The molecule has 5 heteroatoms. The highest BCUT2D eigenvalue weighted by Crippen LogP contribution is 2.20.